The third-order valence-electron chi connectivity index (χ3n) is 3.07. The molecule has 0 aliphatic carbocycles. The van der Waals surface area contributed by atoms with E-state index in [2.05, 4.69) is 90.1 Å². The van der Waals surface area contributed by atoms with Gasteiger partial charge in [-0.15, -0.1) is 0 Å². The molecule has 106 valence electrons. The molecule has 0 fully saturated rings. The summed E-state index contributed by atoms with van der Waals surface area (Å²) in [6.45, 7) is 0. The summed E-state index contributed by atoms with van der Waals surface area (Å²) in [7, 11) is 3.65. The lowest BCUT2D eigenvalue weighted by molar-refractivity contribution is 0.412. The summed E-state index contributed by atoms with van der Waals surface area (Å²) in [6.07, 6.45) is 0. The number of rotatable bonds is 4. The highest BCUT2D eigenvalue weighted by atomic mass is 127. The zero-order valence-corrected chi connectivity index (χ0v) is 16.4. The van der Waals surface area contributed by atoms with Gasteiger partial charge in [0.15, 0.2) is 0 Å². The van der Waals surface area contributed by atoms with Gasteiger partial charge in [-0.05, 0) is 87.0 Å². The highest BCUT2D eigenvalue weighted by molar-refractivity contribution is 14.1. The predicted molar refractivity (Wildman–Crippen MR) is 98.5 cm³/mol. The van der Waals surface area contributed by atoms with E-state index in [1.54, 1.807) is 7.11 Å². The molecule has 1 unspecified atom stereocenters. The van der Waals surface area contributed by atoms with E-state index in [-0.39, 0.29) is 6.04 Å². The Bertz CT molecular complexity index is 619. The van der Waals surface area contributed by atoms with Gasteiger partial charge < -0.3 is 10.1 Å². The molecule has 2 aromatic rings. The van der Waals surface area contributed by atoms with Crippen molar-refractivity contribution in [3.63, 3.8) is 0 Å². The Labute approximate surface area is 149 Å². The Morgan fingerprint density at radius 1 is 1.15 bits per heavy atom. The van der Waals surface area contributed by atoms with Crippen molar-refractivity contribution in [1.82, 2.24) is 5.32 Å². The lowest BCUT2D eigenvalue weighted by Crippen LogP contribution is -2.18. The van der Waals surface area contributed by atoms with Gasteiger partial charge in [0.05, 0.1) is 17.6 Å². The van der Waals surface area contributed by atoms with E-state index in [1.165, 1.54) is 14.7 Å². The molecule has 0 amide bonds. The molecule has 0 radical (unpaired) electrons. The van der Waals surface area contributed by atoms with Crippen LogP contribution in [0.1, 0.15) is 17.2 Å². The Kier molecular flexibility index (Phi) is 5.89. The molecule has 20 heavy (non-hydrogen) atoms. The summed E-state index contributed by atoms with van der Waals surface area (Å²) in [5.41, 5.74) is 2.44. The molecule has 2 rings (SSSR count). The standard InChI is InChI=1S/C15H14Br2INO/c1-19-15(11-8-10(16)4-5-13(11)18)9-3-6-14(20-2)12(17)7-9/h3-8,15,19H,1-2H3. The van der Waals surface area contributed by atoms with Gasteiger partial charge in [0.2, 0.25) is 0 Å². The minimum Gasteiger partial charge on any atom is -0.496 e. The Morgan fingerprint density at radius 2 is 1.90 bits per heavy atom. The van der Waals surface area contributed by atoms with E-state index in [9.17, 15) is 0 Å². The third-order valence-corrected chi connectivity index (χ3v) is 5.16. The fourth-order valence-electron chi connectivity index (χ4n) is 2.10. The van der Waals surface area contributed by atoms with Crippen LogP contribution < -0.4 is 10.1 Å². The highest BCUT2D eigenvalue weighted by Gasteiger charge is 2.16. The molecular formula is C15H14Br2INO. The zero-order chi connectivity index (χ0) is 14.7. The molecule has 0 heterocycles. The number of benzene rings is 2. The van der Waals surface area contributed by atoms with Crippen molar-refractivity contribution in [2.45, 2.75) is 6.04 Å². The van der Waals surface area contributed by atoms with Gasteiger partial charge >= 0.3 is 0 Å². The minimum absolute atomic E-state index is 0.140. The second-order valence-corrected chi connectivity index (χ2v) is 7.21. The SMILES string of the molecule is CNC(c1ccc(OC)c(Br)c1)c1cc(Br)ccc1I. The van der Waals surface area contributed by atoms with Crippen LogP contribution in [0.15, 0.2) is 45.3 Å². The van der Waals surface area contributed by atoms with Crippen LogP contribution in [0.5, 0.6) is 5.75 Å². The van der Waals surface area contributed by atoms with Crippen LogP contribution in [0.2, 0.25) is 0 Å². The second kappa shape index (κ2) is 7.24. The zero-order valence-electron chi connectivity index (χ0n) is 11.1. The smallest absolute Gasteiger partial charge is 0.133 e. The van der Waals surface area contributed by atoms with E-state index in [0.717, 1.165) is 14.7 Å². The van der Waals surface area contributed by atoms with Crippen molar-refractivity contribution in [3.05, 3.63) is 60.0 Å². The maximum Gasteiger partial charge on any atom is 0.133 e. The molecule has 5 heteroatoms. The molecule has 0 spiro atoms. The van der Waals surface area contributed by atoms with Crippen molar-refractivity contribution in [3.8, 4) is 5.75 Å². The maximum absolute atomic E-state index is 5.29. The summed E-state index contributed by atoms with van der Waals surface area (Å²) < 4.78 is 8.56. The molecule has 1 atom stereocenters. The largest absolute Gasteiger partial charge is 0.496 e. The summed E-state index contributed by atoms with van der Waals surface area (Å²) in [5, 5.41) is 3.38. The van der Waals surface area contributed by atoms with Crippen molar-refractivity contribution in [1.29, 1.82) is 0 Å². The van der Waals surface area contributed by atoms with Gasteiger partial charge in [-0.2, -0.15) is 0 Å². The summed E-state index contributed by atoms with van der Waals surface area (Å²) >= 11 is 9.46. The summed E-state index contributed by atoms with van der Waals surface area (Å²) in [6, 6.07) is 12.6. The number of hydrogen-bond acceptors (Lipinski definition) is 2. The average molecular weight is 511 g/mol. The molecule has 2 nitrogen and oxygen atoms in total. The van der Waals surface area contributed by atoms with Crippen molar-refractivity contribution in [2.24, 2.45) is 0 Å². The number of nitrogens with one attached hydrogen (secondary N) is 1. The van der Waals surface area contributed by atoms with Crippen molar-refractivity contribution in [2.75, 3.05) is 14.2 Å². The van der Waals surface area contributed by atoms with E-state index in [4.69, 9.17) is 4.74 Å². The van der Waals surface area contributed by atoms with E-state index < -0.39 is 0 Å². The van der Waals surface area contributed by atoms with Crippen LogP contribution in [-0.4, -0.2) is 14.2 Å². The topological polar surface area (TPSA) is 21.3 Å². The molecule has 0 aliphatic heterocycles. The fourth-order valence-corrected chi connectivity index (χ4v) is 3.68. The van der Waals surface area contributed by atoms with Crippen LogP contribution in [-0.2, 0) is 0 Å². The lowest BCUT2D eigenvalue weighted by Gasteiger charge is -2.20. The monoisotopic (exact) mass is 509 g/mol. The minimum atomic E-state index is 0.140. The van der Waals surface area contributed by atoms with Crippen LogP contribution in [0.4, 0.5) is 0 Å². The first-order valence-corrected chi connectivity index (χ1v) is 8.69. The second-order valence-electron chi connectivity index (χ2n) is 4.28. The van der Waals surface area contributed by atoms with Crippen molar-refractivity contribution >= 4 is 54.5 Å². The molecule has 0 aromatic heterocycles. The van der Waals surface area contributed by atoms with Gasteiger partial charge in [-0.1, -0.05) is 22.0 Å². The first kappa shape index (κ1) is 16.3. The third kappa shape index (κ3) is 3.55. The number of halogens is 3. The maximum atomic E-state index is 5.29. The molecule has 0 bridgehead atoms. The van der Waals surface area contributed by atoms with Gasteiger partial charge in [0, 0.05) is 8.04 Å². The fraction of sp³-hybridized carbons (Fsp3) is 0.200. The summed E-state index contributed by atoms with van der Waals surface area (Å²) in [4.78, 5) is 0. The first-order chi connectivity index (χ1) is 9.56. The van der Waals surface area contributed by atoms with Gasteiger partial charge in [-0.3, -0.25) is 0 Å². The Hall–Kier alpha value is -0.110. The quantitative estimate of drug-likeness (QED) is 0.576. The molecule has 0 saturated carbocycles. The van der Waals surface area contributed by atoms with Crippen LogP contribution in [0, 0.1) is 3.57 Å². The van der Waals surface area contributed by atoms with Gasteiger partial charge in [0.1, 0.15) is 5.75 Å². The van der Waals surface area contributed by atoms with Crippen LogP contribution in [0.25, 0.3) is 0 Å². The van der Waals surface area contributed by atoms with Gasteiger partial charge in [0.25, 0.3) is 0 Å². The molecular weight excluding hydrogens is 497 g/mol. The number of hydrogen-bond donors (Lipinski definition) is 1. The lowest BCUT2D eigenvalue weighted by atomic mass is 9.99. The van der Waals surface area contributed by atoms with Gasteiger partial charge in [-0.25, -0.2) is 0 Å². The Balaban J connectivity index is 2.46. The number of methoxy groups -OCH3 is 1. The molecule has 0 saturated heterocycles. The molecule has 0 aliphatic rings. The molecule has 1 N–H and O–H groups in total. The van der Waals surface area contributed by atoms with E-state index >= 15 is 0 Å². The predicted octanol–water partition coefficient (Wildman–Crippen LogP) is 5.13. The molecule has 2 aromatic carbocycles. The van der Waals surface area contributed by atoms with E-state index in [1.807, 2.05) is 13.1 Å². The average Bonchev–Trinajstić information content (AvgIpc) is 2.44. The Morgan fingerprint density at radius 3 is 2.50 bits per heavy atom. The first-order valence-electron chi connectivity index (χ1n) is 6.02. The van der Waals surface area contributed by atoms with Crippen LogP contribution >= 0.6 is 54.5 Å². The summed E-state index contributed by atoms with van der Waals surface area (Å²) in [5.74, 6) is 0.840. The highest BCUT2D eigenvalue weighted by Crippen LogP contribution is 2.33. The van der Waals surface area contributed by atoms with Crippen LogP contribution in [0.3, 0.4) is 0 Å². The normalized spacial score (nSPS) is 12.2. The van der Waals surface area contributed by atoms with E-state index in [0.29, 0.717) is 0 Å². The number of ether oxygens (including phenoxy) is 1. The van der Waals surface area contributed by atoms with Crippen molar-refractivity contribution < 1.29 is 4.74 Å².